The lowest BCUT2D eigenvalue weighted by molar-refractivity contribution is -0.138. The Labute approximate surface area is 145 Å². The summed E-state index contributed by atoms with van der Waals surface area (Å²) >= 11 is 0. The van der Waals surface area contributed by atoms with E-state index < -0.39 is 52.7 Å². The summed E-state index contributed by atoms with van der Waals surface area (Å²) in [6.07, 6.45) is 0. The number of anilines is 1. The number of carbonyl (C=O) groups is 1. The van der Waals surface area contributed by atoms with Crippen LogP contribution in [0.2, 0.25) is 0 Å². The van der Waals surface area contributed by atoms with E-state index in [4.69, 9.17) is 0 Å². The fourth-order valence-electron chi connectivity index (χ4n) is 2.02. The number of amides is 1. The summed E-state index contributed by atoms with van der Waals surface area (Å²) in [6, 6.07) is 8.70. The largest absolute Gasteiger partial charge is 0.372 e. The summed E-state index contributed by atoms with van der Waals surface area (Å²) in [7, 11) is 0. The van der Waals surface area contributed by atoms with E-state index >= 15 is 0 Å². The summed E-state index contributed by atoms with van der Waals surface area (Å²) in [5, 5.41) is 2.91. The molecule has 2 aromatic rings. The van der Waals surface area contributed by atoms with Crippen molar-refractivity contribution in [2.24, 2.45) is 0 Å². The number of hydrogen-bond donors (Lipinski definition) is 2. The van der Waals surface area contributed by atoms with E-state index in [1.165, 1.54) is 13.8 Å². The predicted octanol–water partition coefficient (Wildman–Crippen LogP) is 3.82. The maximum absolute atomic E-state index is 13.5. The summed E-state index contributed by atoms with van der Waals surface area (Å²) < 4.78 is 66.2. The minimum Gasteiger partial charge on any atom is -0.372 e. The lowest BCUT2D eigenvalue weighted by Gasteiger charge is -2.26. The molecule has 0 bridgehead atoms. The van der Waals surface area contributed by atoms with Crippen molar-refractivity contribution in [3.63, 3.8) is 0 Å². The molecule has 2 N–H and O–H groups in total. The fraction of sp³-hybridized carbons (Fsp3) is 0.235. The Balaban J connectivity index is 2.02. The van der Waals surface area contributed by atoms with Gasteiger partial charge in [-0.25, -0.2) is 27.4 Å². The molecular weight excluding hydrogens is 359 g/mol. The van der Waals surface area contributed by atoms with Gasteiger partial charge in [0.2, 0.25) is 5.82 Å². The number of benzene rings is 2. The quantitative estimate of drug-likeness (QED) is 0.350. The van der Waals surface area contributed by atoms with Crippen molar-refractivity contribution in [3.05, 3.63) is 65.0 Å². The molecule has 0 fully saturated rings. The summed E-state index contributed by atoms with van der Waals surface area (Å²) in [6.45, 7) is 1.98. The van der Waals surface area contributed by atoms with Crippen molar-refractivity contribution in [1.29, 1.82) is 0 Å². The van der Waals surface area contributed by atoms with Gasteiger partial charge in [0.05, 0.1) is 5.56 Å². The molecule has 0 aliphatic heterocycles. The number of hydroxylamine groups is 1. The zero-order valence-electron chi connectivity index (χ0n) is 13.8. The zero-order chi connectivity index (χ0) is 19.5. The average Bonchev–Trinajstić information content (AvgIpc) is 2.61. The van der Waals surface area contributed by atoms with E-state index in [9.17, 15) is 26.7 Å². The van der Waals surface area contributed by atoms with Gasteiger partial charge < -0.3 is 5.32 Å². The summed E-state index contributed by atoms with van der Waals surface area (Å²) in [4.78, 5) is 16.8. The Morgan fingerprint density at radius 2 is 1.42 bits per heavy atom. The smallest absolute Gasteiger partial charge is 0.268 e. The molecule has 0 saturated heterocycles. The molecule has 0 aliphatic carbocycles. The predicted molar refractivity (Wildman–Crippen MR) is 83.3 cm³/mol. The lowest BCUT2D eigenvalue weighted by Crippen LogP contribution is -2.47. The van der Waals surface area contributed by atoms with E-state index in [-0.39, 0.29) is 0 Å². The highest BCUT2D eigenvalue weighted by Crippen LogP contribution is 2.23. The minimum absolute atomic E-state index is 0.632. The first kappa shape index (κ1) is 19.6. The number of halogens is 5. The van der Waals surface area contributed by atoms with Crippen LogP contribution in [0, 0.1) is 29.1 Å². The first-order chi connectivity index (χ1) is 12.1. The van der Waals surface area contributed by atoms with Gasteiger partial charge in [-0.3, -0.25) is 9.63 Å². The Hall–Kier alpha value is -2.68. The van der Waals surface area contributed by atoms with Gasteiger partial charge in [-0.15, -0.1) is 0 Å². The molecule has 0 heterocycles. The first-order valence-electron chi connectivity index (χ1n) is 7.41. The highest BCUT2D eigenvalue weighted by atomic mass is 19.2. The van der Waals surface area contributed by atoms with Crippen molar-refractivity contribution < 1.29 is 31.6 Å². The molecule has 9 heteroatoms. The molecule has 0 aromatic heterocycles. The Kier molecular flexibility index (Phi) is 5.81. The van der Waals surface area contributed by atoms with Crippen LogP contribution in [0.25, 0.3) is 0 Å². The van der Waals surface area contributed by atoms with Crippen LogP contribution in [0.15, 0.2) is 30.3 Å². The van der Waals surface area contributed by atoms with E-state index in [0.717, 1.165) is 0 Å². The Bertz CT molecular complexity index is 784. The van der Waals surface area contributed by atoms with Crippen LogP contribution in [0.3, 0.4) is 0 Å². The van der Waals surface area contributed by atoms with E-state index in [0.29, 0.717) is 5.69 Å². The number of para-hydroxylation sites is 1. The highest BCUT2D eigenvalue weighted by molar-refractivity contribution is 5.87. The van der Waals surface area contributed by atoms with E-state index in [1.54, 1.807) is 30.3 Å². The van der Waals surface area contributed by atoms with Crippen LogP contribution in [-0.4, -0.2) is 11.4 Å². The SMILES string of the molecule is CC(C)(Nc1ccccc1)C(=O)NOCc1c(F)c(F)c(F)c(F)c1F. The number of hydrogen-bond acceptors (Lipinski definition) is 3. The minimum atomic E-state index is -2.26. The van der Waals surface area contributed by atoms with Gasteiger partial charge in [0, 0.05) is 5.69 Å². The zero-order valence-corrected chi connectivity index (χ0v) is 13.8. The molecular formula is C17H15F5N2O2. The average molecular weight is 374 g/mol. The summed E-state index contributed by atoms with van der Waals surface area (Å²) in [5.74, 6) is -11.2. The van der Waals surface area contributed by atoms with Crippen LogP contribution < -0.4 is 10.8 Å². The van der Waals surface area contributed by atoms with Crippen molar-refractivity contribution >= 4 is 11.6 Å². The standard InChI is InChI=1S/C17H15F5N2O2/c1-17(2,23-9-6-4-3-5-7-9)16(25)24-26-8-10-11(18)13(20)15(22)14(21)12(10)19/h3-7,23H,8H2,1-2H3,(H,24,25). The van der Waals surface area contributed by atoms with Crippen LogP contribution in [0.1, 0.15) is 19.4 Å². The molecule has 26 heavy (non-hydrogen) atoms. The van der Waals surface area contributed by atoms with Gasteiger partial charge in [0.1, 0.15) is 12.1 Å². The molecule has 2 rings (SSSR count). The van der Waals surface area contributed by atoms with Gasteiger partial charge in [0.15, 0.2) is 23.3 Å². The third-order valence-electron chi connectivity index (χ3n) is 3.48. The maximum atomic E-state index is 13.5. The van der Waals surface area contributed by atoms with Gasteiger partial charge in [0.25, 0.3) is 5.91 Å². The molecule has 0 aliphatic rings. The van der Waals surface area contributed by atoms with Crippen LogP contribution in [0.4, 0.5) is 27.6 Å². The van der Waals surface area contributed by atoms with Crippen molar-refractivity contribution in [2.45, 2.75) is 26.0 Å². The second-order valence-corrected chi connectivity index (χ2v) is 5.88. The van der Waals surface area contributed by atoms with E-state index in [1.807, 2.05) is 5.48 Å². The molecule has 0 atom stereocenters. The number of rotatable bonds is 6. The van der Waals surface area contributed by atoms with Crippen LogP contribution >= 0.6 is 0 Å². The van der Waals surface area contributed by atoms with Crippen LogP contribution in [0.5, 0.6) is 0 Å². The van der Waals surface area contributed by atoms with E-state index in [2.05, 4.69) is 10.2 Å². The molecule has 0 saturated carbocycles. The highest BCUT2D eigenvalue weighted by Gasteiger charge is 2.29. The third-order valence-corrected chi connectivity index (χ3v) is 3.48. The van der Waals surface area contributed by atoms with Crippen LogP contribution in [-0.2, 0) is 16.2 Å². The van der Waals surface area contributed by atoms with Gasteiger partial charge in [-0.2, -0.15) is 0 Å². The van der Waals surface area contributed by atoms with Gasteiger partial charge in [-0.05, 0) is 26.0 Å². The molecule has 2 aromatic carbocycles. The maximum Gasteiger partial charge on any atom is 0.268 e. The number of carbonyl (C=O) groups excluding carboxylic acids is 1. The Morgan fingerprint density at radius 1 is 0.923 bits per heavy atom. The number of nitrogens with one attached hydrogen (secondary N) is 2. The fourth-order valence-corrected chi connectivity index (χ4v) is 2.02. The molecule has 0 radical (unpaired) electrons. The lowest BCUT2D eigenvalue weighted by atomic mass is 10.0. The molecule has 4 nitrogen and oxygen atoms in total. The topological polar surface area (TPSA) is 50.4 Å². The summed E-state index contributed by atoms with van der Waals surface area (Å²) in [5.41, 5.74) is 0.191. The second-order valence-electron chi connectivity index (χ2n) is 5.88. The van der Waals surface area contributed by atoms with Crippen molar-refractivity contribution in [3.8, 4) is 0 Å². The van der Waals surface area contributed by atoms with Gasteiger partial charge in [-0.1, -0.05) is 18.2 Å². The normalized spacial score (nSPS) is 11.3. The molecule has 0 unspecified atom stereocenters. The Morgan fingerprint density at radius 3 is 1.96 bits per heavy atom. The van der Waals surface area contributed by atoms with Crippen molar-refractivity contribution in [2.75, 3.05) is 5.32 Å². The van der Waals surface area contributed by atoms with Crippen molar-refractivity contribution in [1.82, 2.24) is 5.48 Å². The third kappa shape index (κ3) is 4.10. The molecule has 1 amide bonds. The monoisotopic (exact) mass is 374 g/mol. The first-order valence-corrected chi connectivity index (χ1v) is 7.41. The van der Waals surface area contributed by atoms with Gasteiger partial charge >= 0.3 is 0 Å². The second kappa shape index (κ2) is 7.69. The molecule has 140 valence electrons. The molecule has 0 spiro atoms.